The van der Waals surface area contributed by atoms with Crippen LogP contribution in [0.5, 0.6) is 0 Å². The molecule has 0 bridgehead atoms. The fourth-order valence-corrected chi connectivity index (χ4v) is 2.52. The van der Waals surface area contributed by atoms with Crippen LogP contribution in [0.1, 0.15) is 35.1 Å². The molecule has 5 heteroatoms. The topological polar surface area (TPSA) is 51.4 Å². The van der Waals surface area contributed by atoms with Gasteiger partial charge < -0.3 is 9.47 Å². The zero-order chi connectivity index (χ0) is 15.6. The van der Waals surface area contributed by atoms with Gasteiger partial charge in [0.1, 0.15) is 24.9 Å². The summed E-state index contributed by atoms with van der Waals surface area (Å²) in [6.45, 7) is 4.81. The first-order chi connectivity index (χ1) is 9.97. The average Bonchev–Trinajstić information content (AvgIpc) is 2.48. The number of hydrogen-bond donors (Lipinski definition) is 0. The zero-order valence-electron chi connectivity index (χ0n) is 13.2. The molecule has 0 fully saturated rings. The van der Waals surface area contributed by atoms with Crippen molar-refractivity contribution in [1.82, 2.24) is 4.98 Å². The second-order valence-corrected chi connectivity index (χ2v) is 5.13. The number of methoxy groups -OCH3 is 2. The van der Waals surface area contributed by atoms with Crippen molar-refractivity contribution in [2.45, 2.75) is 20.3 Å². The SMILES string of the molecule is COC(=O)c1cc(C)nc(C2=C(OC)CC[N+](C)=C2C)c1. The Morgan fingerprint density at radius 2 is 2.00 bits per heavy atom. The van der Waals surface area contributed by atoms with Crippen molar-refractivity contribution in [2.24, 2.45) is 0 Å². The van der Waals surface area contributed by atoms with Gasteiger partial charge in [0.15, 0.2) is 5.71 Å². The summed E-state index contributed by atoms with van der Waals surface area (Å²) in [5, 5.41) is 0. The highest BCUT2D eigenvalue weighted by Gasteiger charge is 2.26. The predicted molar refractivity (Wildman–Crippen MR) is 80.6 cm³/mol. The van der Waals surface area contributed by atoms with E-state index in [0.29, 0.717) is 5.56 Å². The number of pyridine rings is 1. The van der Waals surface area contributed by atoms with E-state index >= 15 is 0 Å². The molecule has 1 aromatic heterocycles. The summed E-state index contributed by atoms with van der Waals surface area (Å²) in [4.78, 5) is 16.3. The number of esters is 1. The van der Waals surface area contributed by atoms with E-state index in [1.807, 2.05) is 20.9 Å². The van der Waals surface area contributed by atoms with Gasteiger partial charge in [-0.3, -0.25) is 4.98 Å². The van der Waals surface area contributed by atoms with Gasteiger partial charge in [0.2, 0.25) is 0 Å². The molecule has 112 valence electrons. The van der Waals surface area contributed by atoms with E-state index in [1.165, 1.54) is 7.11 Å². The number of carbonyl (C=O) groups is 1. The van der Waals surface area contributed by atoms with E-state index in [9.17, 15) is 4.79 Å². The Hall–Kier alpha value is -2.17. The number of rotatable bonds is 3. The molecule has 2 heterocycles. The van der Waals surface area contributed by atoms with Gasteiger partial charge >= 0.3 is 5.97 Å². The smallest absolute Gasteiger partial charge is 0.337 e. The molecule has 0 saturated carbocycles. The number of carbonyl (C=O) groups excluding carboxylic acids is 1. The van der Waals surface area contributed by atoms with E-state index < -0.39 is 0 Å². The van der Waals surface area contributed by atoms with Crippen molar-refractivity contribution in [2.75, 3.05) is 27.8 Å². The van der Waals surface area contributed by atoms with E-state index in [1.54, 1.807) is 19.2 Å². The lowest BCUT2D eigenvalue weighted by Gasteiger charge is -2.18. The Kier molecular flexibility index (Phi) is 4.40. The highest BCUT2D eigenvalue weighted by Crippen LogP contribution is 2.26. The van der Waals surface area contributed by atoms with Crippen molar-refractivity contribution < 1.29 is 18.8 Å². The maximum atomic E-state index is 11.8. The Morgan fingerprint density at radius 3 is 2.62 bits per heavy atom. The fourth-order valence-electron chi connectivity index (χ4n) is 2.52. The highest BCUT2D eigenvalue weighted by molar-refractivity contribution is 6.20. The lowest BCUT2D eigenvalue weighted by Crippen LogP contribution is -2.25. The minimum absolute atomic E-state index is 0.358. The quantitative estimate of drug-likeness (QED) is 0.631. The molecule has 1 aliphatic heterocycles. The van der Waals surface area contributed by atoms with Crippen molar-refractivity contribution in [3.8, 4) is 0 Å². The second kappa shape index (κ2) is 6.08. The summed E-state index contributed by atoms with van der Waals surface area (Å²) < 4.78 is 12.5. The monoisotopic (exact) mass is 289 g/mol. The molecule has 21 heavy (non-hydrogen) atoms. The maximum absolute atomic E-state index is 11.8. The molecule has 0 aromatic carbocycles. The van der Waals surface area contributed by atoms with Crippen LogP contribution in [0.4, 0.5) is 0 Å². The summed E-state index contributed by atoms with van der Waals surface area (Å²) in [5.74, 6) is 0.544. The Labute approximate surface area is 124 Å². The second-order valence-electron chi connectivity index (χ2n) is 5.13. The summed E-state index contributed by atoms with van der Waals surface area (Å²) >= 11 is 0. The minimum atomic E-state index is -0.358. The average molecular weight is 289 g/mol. The molecular formula is C16H21N2O3+. The molecule has 0 N–H and O–H groups in total. The van der Waals surface area contributed by atoms with Gasteiger partial charge in [0.25, 0.3) is 0 Å². The van der Waals surface area contributed by atoms with Crippen LogP contribution in [0.2, 0.25) is 0 Å². The standard InChI is InChI=1S/C16H21N2O3/c1-10-8-12(16(19)21-5)9-13(17-10)15-11(2)18(3)7-6-14(15)20-4/h8-9H,6-7H2,1-5H3/q+1. The molecule has 0 aliphatic carbocycles. The van der Waals surface area contributed by atoms with Crippen molar-refractivity contribution in [1.29, 1.82) is 0 Å². The molecular weight excluding hydrogens is 268 g/mol. The van der Waals surface area contributed by atoms with E-state index in [4.69, 9.17) is 9.47 Å². The van der Waals surface area contributed by atoms with Gasteiger partial charge in [-0.05, 0) is 19.1 Å². The van der Waals surface area contributed by atoms with Crippen LogP contribution in [0.3, 0.4) is 0 Å². The van der Waals surface area contributed by atoms with Gasteiger partial charge in [-0.25, -0.2) is 9.37 Å². The van der Waals surface area contributed by atoms with Crippen molar-refractivity contribution in [3.05, 3.63) is 34.8 Å². The molecule has 5 nitrogen and oxygen atoms in total. The molecule has 0 unspecified atom stereocenters. The molecule has 0 saturated heterocycles. The maximum Gasteiger partial charge on any atom is 0.337 e. The van der Waals surface area contributed by atoms with Gasteiger partial charge in [-0.1, -0.05) is 0 Å². The third-order valence-corrected chi connectivity index (χ3v) is 3.76. The number of aromatic nitrogens is 1. The molecule has 0 radical (unpaired) electrons. The summed E-state index contributed by atoms with van der Waals surface area (Å²) in [5.41, 5.74) is 4.07. The number of allylic oxidation sites excluding steroid dienone is 1. The van der Waals surface area contributed by atoms with Gasteiger partial charge in [-0.2, -0.15) is 0 Å². The zero-order valence-corrected chi connectivity index (χ0v) is 13.2. The van der Waals surface area contributed by atoms with Crippen LogP contribution in [-0.2, 0) is 9.47 Å². The normalized spacial score (nSPS) is 15.3. The van der Waals surface area contributed by atoms with Crippen LogP contribution < -0.4 is 0 Å². The molecule has 2 rings (SSSR count). The molecule has 1 aliphatic rings. The van der Waals surface area contributed by atoms with Gasteiger partial charge in [-0.15, -0.1) is 0 Å². The first kappa shape index (κ1) is 15.2. The van der Waals surface area contributed by atoms with Crippen molar-refractivity contribution >= 4 is 17.3 Å². The Bertz CT molecular complexity index is 645. The van der Waals surface area contributed by atoms with Crippen LogP contribution in [0.25, 0.3) is 5.57 Å². The predicted octanol–water partition coefficient (Wildman–Crippen LogP) is 2.04. The molecule has 1 aromatic rings. The van der Waals surface area contributed by atoms with E-state index in [-0.39, 0.29) is 5.97 Å². The summed E-state index contributed by atoms with van der Waals surface area (Å²) in [6.07, 6.45) is 0.822. The van der Waals surface area contributed by atoms with Crippen LogP contribution in [0.15, 0.2) is 17.9 Å². The number of aryl methyl sites for hydroxylation is 1. The van der Waals surface area contributed by atoms with Gasteiger partial charge in [0, 0.05) is 12.6 Å². The third-order valence-electron chi connectivity index (χ3n) is 3.76. The third kappa shape index (κ3) is 2.96. The molecule has 0 atom stereocenters. The summed E-state index contributed by atoms with van der Waals surface area (Å²) in [7, 11) is 5.09. The first-order valence-corrected chi connectivity index (χ1v) is 6.87. The van der Waals surface area contributed by atoms with Crippen LogP contribution >= 0.6 is 0 Å². The lowest BCUT2D eigenvalue weighted by molar-refractivity contribution is -0.497. The van der Waals surface area contributed by atoms with Crippen LogP contribution in [0, 0.1) is 6.92 Å². The van der Waals surface area contributed by atoms with E-state index in [2.05, 4.69) is 9.56 Å². The molecule has 0 spiro atoms. The molecule has 0 amide bonds. The van der Waals surface area contributed by atoms with E-state index in [0.717, 1.165) is 41.4 Å². The van der Waals surface area contributed by atoms with Crippen LogP contribution in [-0.4, -0.2) is 49.1 Å². The Balaban J connectivity index is 2.61. The number of hydrogen-bond acceptors (Lipinski definition) is 4. The number of nitrogens with zero attached hydrogens (tertiary/aromatic N) is 2. The highest BCUT2D eigenvalue weighted by atomic mass is 16.5. The number of ether oxygens (including phenoxy) is 2. The Morgan fingerprint density at radius 1 is 1.29 bits per heavy atom. The minimum Gasteiger partial charge on any atom is -0.500 e. The van der Waals surface area contributed by atoms with Gasteiger partial charge in [0.05, 0.1) is 31.9 Å². The van der Waals surface area contributed by atoms with Crippen molar-refractivity contribution in [3.63, 3.8) is 0 Å². The largest absolute Gasteiger partial charge is 0.500 e. The summed E-state index contributed by atoms with van der Waals surface area (Å²) in [6, 6.07) is 3.49. The lowest BCUT2D eigenvalue weighted by atomic mass is 9.99. The first-order valence-electron chi connectivity index (χ1n) is 6.87. The fraction of sp³-hybridized carbons (Fsp3) is 0.438.